The van der Waals surface area contributed by atoms with Crippen molar-refractivity contribution in [3.63, 3.8) is 0 Å². The summed E-state index contributed by atoms with van der Waals surface area (Å²) < 4.78 is 28.1. The third-order valence-electron chi connectivity index (χ3n) is 2.43. The average molecular weight is 399 g/mol. The highest BCUT2D eigenvalue weighted by atomic mass is 79.9. The van der Waals surface area contributed by atoms with E-state index in [9.17, 15) is 8.42 Å². The van der Waals surface area contributed by atoms with Crippen LogP contribution in [0.15, 0.2) is 32.0 Å². The van der Waals surface area contributed by atoms with Crippen LogP contribution in [-0.4, -0.2) is 15.0 Å². The highest BCUT2D eigenvalue weighted by Crippen LogP contribution is 2.25. The second kappa shape index (κ2) is 7.03. The lowest BCUT2D eigenvalue weighted by molar-refractivity contribution is 0.539. The molecular formula is C12H17Br2NO2S. The van der Waals surface area contributed by atoms with Gasteiger partial charge in [-0.3, -0.25) is 0 Å². The number of hydrogen-bond acceptors (Lipinski definition) is 2. The Kier molecular flexibility index (Phi) is 6.30. The van der Waals surface area contributed by atoms with E-state index in [1.54, 1.807) is 18.2 Å². The summed E-state index contributed by atoms with van der Waals surface area (Å²) in [6.45, 7) is 4.72. The fraction of sp³-hybridized carbons (Fsp3) is 0.500. The van der Waals surface area contributed by atoms with Crippen molar-refractivity contribution >= 4 is 41.9 Å². The summed E-state index contributed by atoms with van der Waals surface area (Å²) in [5, 5.41) is 0. The van der Waals surface area contributed by atoms with Gasteiger partial charge in [0.2, 0.25) is 10.0 Å². The van der Waals surface area contributed by atoms with Crippen molar-refractivity contribution in [2.24, 2.45) is 5.92 Å². The third kappa shape index (κ3) is 4.99. The molecule has 0 unspecified atom stereocenters. The zero-order chi connectivity index (χ0) is 13.8. The van der Waals surface area contributed by atoms with Crippen LogP contribution in [0.3, 0.4) is 0 Å². The zero-order valence-corrected chi connectivity index (χ0v) is 14.4. The normalized spacial score (nSPS) is 12.1. The molecule has 0 saturated heterocycles. The van der Waals surface area contributed by atoms with Crippen LogP contribution >= 0.6 is 31.9 Å². The fourth-order valence-corrected chi connectivity index (χ4v) is 4.05. The first-order chi connectivity index (χ1) is 8.33. The van der Waals surface area contributed by atoms with Crippen LogP contribution in [-0.2, 0) is 10.0 Å². The average Bonchev–Trinajstić information content (AvgIpc) is 2.27. The topological polar surface area (TPSA) is 46.2 Å². The number of halogens is 2. The van der Waals surface area contributed by atoms with Crippen LogP contribution in [0, 0.1) is 5.92 Å². The number of sulfonamides is 1. The van der Waals surface area contributed by atoms with Gasteiger partial charge >= 0.3 is 0 Å². The first kappa shape index (κ1) is 16.1. The Balaban J connectivity index is 2.71. The van der Waals surface area contributed by atoms with E-state index < -0.39 is 10.0 Å². The Hall–Kier alpha value is 0.0900. The van der Waals surface area contributed by atoms with Gasteiger partial charge < -0.3 is 0 Å². The van der Waals surface area contributed by atoms with Crippen LogP contribution in [0.1, 0.15) is 26.7 Å². The van der Waals surface area contributed by atoms with Gasteiger partial charge in [0.25, 0.3) is 0 Å². The van der Waals surface area contributed by atoms with Crippen molar-refractivity contribution in [3.05, 3.63) is 27.1 Å². The van der Waals surface area contributed by atoms with Gasteiger partial charge in [0.1, 0.15) is 0 Å². The molecule has 3 nitrogen and oxygen atoms in total. The molecule has 6 heteroatoms. The highest BCUT2D eigenvalue weighted by molar-refractivity contribution is 9.11. The second-order valence-electron chi connectivity index (χ2n) is 4.51. The number of nitrogens with one attached hydrogen (secondary N) is 1. The summed E-state index contributed by atoms with van der Waals surface area (Å²) in [6, 6.07) is 5.10. The molecule has 0 bridgehead atoms. The van der Waals surface area contributed by atoms with E-state index in [2.05, 4.69) is 50.4 Å². The van der Waals surface area contributed by atoms with Crippen LogP contribution in [0.2, 0.25) is 0 Å². The predicted molar refractivity (Wildman–Crippen MR) is 81.1 cm³/mol. The smallest absolute Gasteiger partial charge is 0.211 e. The Morgan fingerprint density at radius 1 is 1.28 bits per heavy atom. The molecule has 0 aliphatic heterocycles. The van der Waals surface area contributed by atoms with Gasteiger partial charge in [0.05, 0.1) is 4.90 Å². The molecule has 0 aromatic heterocycles. The summed E-state index contributed by atoms with van der Waals surface area (Å²) in [5.74, 6) is 0.590. The van der Waals surface area contributed by atoms with E-state index in [0.29, 0.717) is 16.9 Å². The number of benzene rings is 1. The van der Waals surface area contributed by atoms with E-state index in [-0.39, 0.29) is 4.90 Å². The van der Waals surface area contributed by atoms with Crippen molar-refractivity contribution < 1.29 is 8.42 Å². The standard InChI is InChI=1S/C12H17Br2NO2S/c1-9(2)4-3-7-15-18(16,17)12-8-10(13)5-6-11(12)14/h5-6,8-9,15H,3-4,7H2,1-2H3. The lowest BCUT2D eigenvalue weighted by Gasteiger charge is -2.09. The molecule has 0 heterocycles. The molecule has 0 saturated carbocycles. The minimum atomic E-state index is -3.44. The van der Waals surface area contributed by atoms with Crippen molar-refractivity contribution in [2.75, 3.05) is 6.54 Å². The van der Waals surface area contributed by atoms with Crippen LogP contribution in [0.5, 0.6) is 0 Å². The molecule has 0 fully saturated rings. The molecule has 18 heavy (non-hydrogen) atoms. The predicted octanol–water partition coefficient (Wildman–Crippen LogP) is 3.93. The van der Waals surface area contributed by atoms with Crippen molar-refractivity contribution in [1.82, 2.24) is 4.72 Å². The number of rotatable bonds is 6. The minimum Gasteiger partial charge on any atom is -0.211 e. The van der Waals surface area contributed by atoms with E-state index in [1.807, 2.05) is 0 Å². The molecule has 1 rings (SSSR count). The third-order valence-corrected chi connectivity index (χ3v) is 5.38. The largest absolute Gasteiger partial charge is 0.241 e. The molecule has 0 radical (unpaired) electrons. The minimum absolute atomic E-state index is 0.265. The summed E-state index contributed by atoms with van der Waals surface area (Å²) >= 11 is 6.54. The first-order valence-corrected chi connectivity index (χ1v) is 8.84. The number of hydrogen-bond donors (Lipinski definition) is 1. The summed E-state index contributed by atoms with van der Waals surface area (Å²) in [6.07, 6.45) is 1.87. The molecule has 0 aliphatic carbocycles. The van der Waals surface area contributed by atoms with Crippen molar-refractivity contribution in [3.8, 4) is 0 Å². The van der Waals surface area contributed by atoms with Crippen LogP contribution < -0.4 is 4.72 Å². The Morgan fingerprint density at radius 3 is 2.56 bits per heavy atom. The van der Waals surface area contributed by atoms with Gasteiger partial charge in [-0.1, -0.05) is 29.8 Å². The quantitative estimate of drug-likeness (QED) is 0.738. The molecule has 1 aromatic rings. The molecule has 1 N–H and O–H groups in total. The maximum absolute atomic E-state index is 12.1. The summed E-state index contributed by atoms with van der Waals surface area (Å²) in [4.78, 5) is 0.265. The summed E-state index contributed by atoms with van der Waals surface area (Å²) in [5.41, 5.74) is 0. The van der Waals surface area contributed by atoms with Crippen LogP contribution in [0.4, 0.5) is 0 Å². The molecule has 102 valence electrons. The van der Waals surface area contributed by atoms with Gasteiger partial charge in [-0.15, -0.1) is 0 Å². The van der Waals surface area contributed by atoms with Crippen LogP contribution in [0.25, 0.3) is 0 Å². The molecular weight excluding hydrogens is 382 g/mol. The molecule has 0 atom stereocenters. The lowest BCUT2D eigenvalue weighted by Crippen LogP contribution is -2.25. The van der Waals surface area contributed by atoms with E-state index in [1.165, 1.54) is 0 Å². The van der Waals surface area contributed by atoms with Gasteiger partial charge in [-0.25, -0.2) is 13.1 Å². The van der Waals surface area contributed by atoms with Gasteiger partial charge in [0, 0.05) is 15.5 Å². The molecule has 1 aromatic carbocycles. The molecule has 0 amide bonds. The fourth-order valence-electron chi connectivity index (χ4n) is 1.48. The van der Waals surface area contributed by atoms with Gasteiger partial charge in [-0.2, -0.15) is 0 Å². The van der Waals surface area contributed by atoms with Crippen molar-refractivity contribution in [1.29, 1.82) is 0 Å². The molecule has 0 aliphatic rings. The van der Waals surface area contributed by atoms with Gasteiger partial charge in [-0.05, 0) is 52.9 Å². The van der Waals surface area contributed by atoms with Crippen molar-refractivity contribution in [2.45, 2.75) is 31.6 Å². The van der Waals surface area contributed by atoms with E-state index in [4.69, 9.17) is 0 Å². The first-order valence-electron chi connectivity index (χ1n) is 5.77. The highest BCUT2D eigenvalue weighted by Gasteiger charge is 2.17. The SMILES string of the molecule is CC(C)CCCNS(=O)(=O)c1cc(Br)ccc1Br. The Labute approximate surface area is 126 Å². The van der Waals surface area contributed by atoms with E-state index in [0.717, 1.165) is 17.3 Å². The summed E-state index contributed by atoms with van der Waals surface area (Å²) in [7, 11) is -3.44. The lowest BCUT2D eigenvalue weighted by atomic mass is 10.1. The second-order valence-corrected chi connectivity index (χ2v) is 8.01. The molecule has 0 spiro atoms. The Bertz CT molecular complexity index is 501. The Morgan fingerprint density at radius 2 is 1.94 bits per heavy atom. The zero-order valence-electron chi connectivity index (χ0n) is 10.4. The van der Waals surface area contributed by atoms with E-state index >= 15 is 0 Å². The maximum Gasteiger partial charge on any atom is 0.241 e. The maximum atomic E-state index is 12.1. The van der Waals surface area contributed by atoms with Gasteiger partial charge in [0.15, 0.2) is 0 Å². The monoisotopic (exact) mass is 397 g/mol.